The number of carbonyl (C=O) groups excluding carboxylic acids is 1. The Kier molecular flexibility index (Phi) is 5.52. The van der Waals surface area contributed by atoms with E-state index in [4.69, 9.17) is 5.11 Å². The fourth-order valence-electron chi connectivity index (χ4n) is 1.27. The molecule has 16 heavy (non-hydrogen) atoms. The molecule has 0 fully saturated rings. The molecule has 0 spiro atoms. The van der Waals surface area contributed by atoms with E-state index in [0.717, 1.165) is 15.8 Å². The second kappa shape index (κ2) is 6.42. The summed E-state index contributed by atoms with van der Waals surface area (Å²) in [6.45, 7) is 3.84. The van der Waals surface area contributed by atoms with Gasteiger partial charge >= 0.3 is 0 Å². The Morgan fingerprint density at radius 2 is 2.25 bits per heavy atom. The molecule has 0 saturated carbocycles. The minimum Gasteiger partial charge on any atom is -0.396 e. The van der Waals surface area contributed by atoms with Crippen molar-refractivity contribution in [1.82, 2.24) is 0 Å². The van der Waals surface area contributed by atoms with Crippen molar-refractivity contribution in [3.63, 3.8) is 0 Å². The first-order valence-electron chi connectivity index (χ1n) is 5.12. The van der Waals surface area contributed by atoms with Gasteiger partial charge in [-0.1, -0.05) is 13.0 Å². The van der Waals surface area contributed by atoms with Gasteiger partial charge in [0.05, 0.1) is 0 Å². The van der Waals surface area contributed by atoms with E-state index in [0.29, 0.717) is 10.8 Å². The fourth-order valence-corrected chi connectivity index (χ4v) is 2.91. The van der Waals surface area contributed by atoms with Crippen molar-refractivity contribution in [3.8, 4) is 0 Å². The summed E-state index contributed by atoms with van der Waals surface area (Å²) in [5.41, 5.74) is 0.714. The molecular weight excluding hydrogens is 288 g/mol. The van der Waals surface area contributed by atoms with E-state index in [1.54, 1.807) is 18.7 Å². The molecule has 0 aromatic heterocycles. The van der Waals surface area contributed by atoms with Crippen LogP contribution in [0.1, 0.15) is 30.6 Å². The molecule has 0 aliphatic carbocycles. The number of aliphatic hydroxyl groups is 1. The molecule has 0 aliphatic rings. The van der Waals surface area contributed by atoms with Crippen LogP contribution in [0.4, 0.5) is 0 Å². The van der Waals surface area contributed by atoms with Gasteiger partial charge in [-0.2, -0.15) is 0 Å². The molecule has 1 aromatic rings. The summed E-state index contributed by atoms with van der Waals surface area (Å²) in [6.07, 6.45) is 0.769. The fraction of sp³-hybridized carbons (Fsp3) is 0.417. The van der Waals surface area contributed by atoms with E-state index in [-0.39, 0.29) is 12.4 Å². The van der Waals surface area contributed by atoms with Crippen LogP contribution >= 0.6 is 27.7 Å². The minimum absolute atomic E-state index is 0.0701. The van der Waals surface area contributed by atoms with E-state index in [1.165, 1.54) is 0 Å². The van der Waals surface area contributed by atoms with Gasteiger partial charge in [0, 0.05) is 26.8 Å². The maximum Gasteiger partial charge on any atom is 0.159 e. The SMILES string of the molecule is CC(=O)c1ccc(SC(C)CCO)c(Br)c1. The number of halogens is 1. The van der Waals surface area contributed by atoms with Crippen molar-refractivity contribution >= 4 is 33.5 Å². The third-order valence-corrected chi connectivity index (χ3v) is 4.37. The van der Waals surface area contributed by atoms with Gasteiger partial charge < -0.3 is 5.11 Å². The van der Waals surface area contributed by atoms with Crippen molar-refractivity contribution in [3.05, 3.63) is 28.2 Å². The molecule has 88 valence electrons. The molecule has 2 nitrogen and oxygen atoms in total. The molecule has 0 aliphatic heterocycles. The molecule has 1 N–H and O–H groups in total. The summed E-state index contributed by atoms with van der Waals surface area (Å²) < 4.78 is 0.940. The van der Waals surface area contributed by atoms with E-state index < -0.39 is 0 Å². The van der Waals surface area contributed by atoms with Crippen molar-refractivity contribution in [2.75, 3.05) is 6.61 Å². The van der Waals surface area contributed by atoms with Crippen LogP contribution in [0.25, 0.3) is 0 Å². The van der Waals surface area contributed by atoms with Gasteiger partial charge in [0.15, 0.2) is 5.78 Å². The molecule has 1 unspecified atom stereocenters. The number of Topliss-reactive ketones (excluding diaryl/α,β-unsaturated/α-hetero) is 1. The van der Waals surface area contributed by atoms with Gasteiger partial charge in [-0.3, -0.25) is 4.79 Å². The van der Waals surface area contributed by atoms with Crippen LogP contribution in [-0.4, -0.2) is 22.7 Å². The summed E-state index contributed by atoms with van der Waals surface area (Å²) in [6, 6.07) is 5.62. The average Bonchev–Trinajstić information content (AvgIpc) is 2.21. The zero-order valence-corrected chi connectivity index (χ0v) is 11.8. The quantitative estimate of drug-likeness (QED) is 0.668. The maximum absolute atomic E-state index is 11.2. The molecule has 1 atom stereocenters. The lowest BCUT2D eigenvalue weighted by Crippen LogP contribution is -1.99. The van der Waals surface area contributed by atoms with Gasteiger partial charge in [0.25, 0.3) is 0 Å². The maximum atomic E-state index is 11.2. The standard InChI is InChI=1S/C12H15BrO2S/c1-8(5-6-14)16-12-4-3-10(9(2)15)7-11(12)13/h3-4,7-8,14H,5-6H2,1-2H3. The number of hydrogen-bond donors (Lipinski definition) is 1. The molecule has 0 saturated heterocycles. The zero-order chi connectivity index (χ0) is 12.1. The highest BCUT2D eigenvalue weighted by Crippen LogP contribution is 2.32. The predicted octanol–water partition coefficient (Wildman–Crippen LogP) is 3.51. The smallest absolute Gasteiger partial charge is 0.159 e. The number of thioether (sulfide) groups is 1. The van der Waals surface area contributed by atoms with E-state index in [2.05, 4.69) is 22.9 Å². The lowest BCUT2D eigenvalue weighted by Gasteiger charge is -2.11. The normalized spacial score (nSPS) is 12.5. The third-order valence-electron chi connectivity index (χ3n) is 2.20. The summed E-state index contributed by atoms with van der Waals surface area (Å²) >= 11 is 5.16. The number of carbonyl (C=O) groups is 1. The number of aliphatic hydroxyl groups excluding tert-OH is 1. The molecule has 0 bridgehead atoms. The van der Waals surface area contributed by atoms with E-state index >= 15 is 0 Å². The number of benzene rings is 1. The largest absolute Gasteiger partial charge is 0.396 e. The lowest BCUT2D eigenvalue weighted by atomic mass is 10.2. The third kappa shape index (κ3) is 3.92. The van der Waals surface area contributed by atoms with Crippen LogP contribution in [0.15, 0.2) is 27.6 Å². The second-order valence-electron chi connectivity index (χ2n) is 3.64. The highest BCUT2D eigenvalue weighted by molar-refractivity contribution is 9.10. The van der Waals surface area contributed by atoms with Crippen LogP contribution in [0.3, 0.4) is 0 Å². The average molecular weight is 303 g/mol. The Labute approximate surface area is 109 Å². The summed E-state index contributed by atoms with van der Waals surface area (Å²) in [4.78, 5) is 12.3. The predicted molar refractivity (Wildman–Crippen MR) is 71.2 cm³/mol. The molecular formula is C12H15BrO2S. The summed E-state index contributed by atoms with van der Waals surface area (Å²) in [7, 11) is 0. The van der Waals surface area contributed by atoms with Crippen molar-refractivity contribution < 1.29 is 9.90 Å². The van der Waals surface area contributed by atoms with E-state index in [1.807, 2.05) is 18.2 Å². The summed E-state index contributed by atoms with van der Waals surface area (Å²) in [5.74, 6) is 0.0701. The Morgan fingerprint density at radius 1 is 1.56 bits per heavy atom. The Bertz CT molecular complexity index is 379. The summed E-state index contributed by atoms with van der Waals surface area (Å²) in [5, 5.41) is 9.20. The highest BCUT2D eigenvalue weighted by Gasteiger charge is 2.09. The second-order valence-corrected chi connectivity index (χ2v) is 5.98. The van der Waals surface area contributed by atoms with Gasteiger partial charge in [0.2, 0.25) is 0 Å². The topological polar surface area (TPSA) is 37.3 Å². The zero-order valence-electron chi connectivity index (χ0n) is 9.37. The number of ketones is 1. The van der Waals surface area contributed by atoms with Crippen LogP contribution < -0.4 is 0 Å². The first-order valence-corrected chi connectivity index (χ1v) is 6.80. The molecule has 1 aromatic carbocycles. The van der Waals surface area contributed by atoms with Crippen molar-refractivity contribution in [2.24, 2.45) is 0 Å². The van der Waals surface area contributed by atoms with Gasteiger partial charge in [-0.25, -0.2) is 0 Å². The minimum atomic E-state index is 0.0701. The Balaban J connectivity index is 2.79. The van der Waals surface area contributed by atoms with Crippen LogP contribution in [-0.2, 0) is 0 Å². The van der Waals surface area contributed by atoms with Crippen LogP contribution in [0.5, 0.6) is 0 Å². The first-order chi connectivity index (χ1) is 7.54. The monoisotopic (exact) mass is 302 g/mol. The molecule has 0 radical (unpaired) electrons. The van der Waals surface area contributed by atoms with Crippen LogP contribution in [0.2, 0.25) is 0 Å². The number of rotatable bonds is 5. The lowest BCUT2D eigenvalue weighted by molar-refractivity contribution is 0.101. The number of hydrogen-bond acceptors (Lipinski definition) is 3. The Morgan fingerprint density at radius 3 is 2.75 bits per heavy atom. The highest BCUT2D eigenvalue weighted by atomic mass is 79.9. The van der Waals surface area contributed by atoms with Gasteiger partial charge in [0.1, 0.15) is 0 Å². The van der Waals surface area contributed by atoms with Crippen LogP contribution in [0, 0.1) is 0 Å². The first kappa shape index (κ1) is 13.7. The molecule has 0 amide bonds. The Hall–Kier alpha value is -0.320. The molecule has 4 heteroatoms. The van der Waals surface area contributed by atoms with Crippen molar-refractivity contribution in [2.45, 2.75) is 30.4 Å². The van der Waals surface area contributed by atoms with Gasteiger partial charge in [-0.15, -0.1) is 11.8 Å². The van der Waals surface area contributed by atoms with E-state index in [9.17, 15) is 4.79 Å². The molecule has 1 rings (SSSR count). The molecule has 0 heterocycles. The van der Waals surface area contributed by atoms with Gasteiger partial charge in [-0.05, 0) is 41.4 Å². The van der Waals surface area contributed by atoms with Crippen molar-refractivity contribution in [1.29, 1.82) is 0 Å².